The van der Waals surface area contributed by atoms with Gasteiger partial charge in [-0.15, -0.1) is 0 Å². The van der Waals surface area contributed by atoms with Crippen LogP contribution >= 0.6 is 11.3 Å². The second kappa shape index (κ2) is 7.89. The monoisotopic (exact) mass is 319 g/mol. The second-order valence-corrected chi connectivity index (χ2v) is 5.18. The number of nitrogens with zero attached hydrogens (tertiary/aromatic N) is 2. The zero-order valence-electron chi connectivity index (χ0n) is 11.5. The van der Waals surface area contributed by atoms with E-state index in [9.17, 15) is 14.9 Å². The number of nitro groups is 1. The number of carbonyl (C=O) groups is 1. The number of hydrogen-bond acceptors (Lipinski definition) is 6. The Labute approximate surface area is 130 Å². The van der Waals surface area contributed by atoms with Crippen LogP contribution in [0, 0.1) is 10.1 Å². The van der Waals surface area contributed by atoms with E-state index in [0.29, 0.717) is 5.01 Å². The minimum absolute atomic E-state index is 0.0186. The Kier molecular flexibility index (Phi) is 5.61. The maximum absolute atomic E-state index is 11.5. The van der Waals surface area contributed by atoms with E-state index in [0.717, 1.165) is 16.9 Å². The first kappa shape index (κ1) is 15.6. The molecule has 0 saturated heterocycles. The molecular formula is C14H13N3O4S. The Balaban J connectivity index is 1.70. The van der Waals surface area contributed by atoms with Crippen LogP contribution in [0.2, 0.25) is 0 Å². The van der Waals surface area contributed by atoms with E-state index >= 15 is 0 Å². The van der Waals surface area contributed by atoms with E-state index in [1.807, 2.05) is 30.3 Å². The van der Waals surface area contributed by atoms with Gasteiger partial charge in [0.2, 0.25) is 0 Å². The summed E-state index contributed by atoms with van der Waals surface area (Å²) in [7, 11) is 0. The van der Waals surface area contributed by atoms with Gasteiger partial charge < -0.3 is 10.1 Å². The van der Waals surface area contributed by atoms with Gasteiger partial charge in [0.15, 0.2) is 0 Å². The highest BCUT2D eigenvalue weighted by molar-refractivity contribution is 7.15. The summed E-state index contributed by atoms with van der Waals surface area (Å²) in [5.74, 6) is 0. The van der Waals surface area contributed by atoms with E-state index in [2.05, 4.69) is 10.3 Å². The molecule has 0 aliphatic carbocycles. The maximum atomic E-state index is 11.5. The Morgan fingerprint density at radius 3 is 2.86 bits per heavy atom. The van der Waals surface area contributed by atoms with Crippen LogP contribution in [-0.2, 0) is 11.3 Å². The number of rotatable bonds is 6. The second-order valence-electron chi connectivity index (χ2n) is 4.14. The first-order chi connectivity index (χ1) is 10.6. The SMILES string of the molecule is O=C(NCC=Cc1ncc([N+](=O)[O-])s1)OCc1ccccc1. The molecule has 1 aromatic heterocycles. The lowest BCUT2D eigenvalue weighted by Gasteiger charge is -2.04. The molecule has 1 heterocycles. The van der Waals surface area contributed by atoms with Gasteiger partial charge in [0, 0.05) is 6.54 Å². The first-order valence-corrected chi connectivity index (χ1v) is 7.18. The van der Waals surface area contributed by atoms with Gasteiger partial charge in [-0.25, -0.2) is 9.78 Å². The molecule has 2 aromatic rings. The molecule has 0 aliphatic heterocycles. The van der Waals surface area contributed by atoms with Gasteiger partial charge >= 0.3 is 11.1 Å². The molecule has 0 saturated carbocycles. The van der Waals surface area contributed by atoms with Crippen molar-refractivity contribution in [2.75, 3.05) is 6.54 Å². The number of benzene rings is 1. The largest absolute Gasteiger partial charge is 0.445 e. The number of thiazole rings is 1. The maximum Gasteiger partial charge on any atom is 0.407 e. The smallest absolute Gasteiger partial charge is 0.407 e. The summed E-state index contributed by atoms with van der Waals surface area (Å²) in [6.45, 7) is 0.454. The van der Waals surface area contributed by atoms with Crippen molar-refractivity contribution in [3.63, 3.8) is 0 Å². The van der Waals surface area contributed by atoms with Crippen molar-refractivity contribution in [2.24, 2.45) is 0 Å². The van der Waals surface area contributed by atoms with Crippen LogP contribution in [0.15, 0.2) is 42.6 Å². The summed E-state index contributed by atoms with van der Waals surface area (Å²) in [4.78, 5) is 25.3. The predicted octanol–water partition coefficient (Wildman–Crippen LogP) is 2.99. The molecule has 2 rings (SSSR count). The van der Waals surface area contributed by atoms with Crippen molar-refractivity contribution in [3.8, 4) is 0 Å². The first-order valence-electron chi connectivity index (χ1n) is 6.36. The van der Waals surface area contributed by atoms with Crippen LogP contribution in [-0.4, -0.2) is 22.5 Å². The summed E-state index contributed by atoms with van der Waals surface area (Å²) in [6.07, 6.45) is 3.92. The number of carbonyl (C=O) groups excluding carboxylic acids is 1. The van der Waals surface area contributed by atoms with Gasteiger partial charge in [-0.2, -0.15) is 0 Å². The molecule has 0 atom stereocenters. The average Bonchev–Trinajstić information content (AvgIpc) is 3.00. The van der Waals surface area contributed by atoms with Crippen molar-refractivity contribution in [3.05, 3.63) is 63.3 Å². The molecule has 114 valence electrons. The Morgan fingerprint density at radius 2 is 2.18 bits per heavy atom. The van der Waals surface area contributed by atoms with E-state index in [4.69, 9.17) is 4.74 Å². The molecule has 0 fully saturated rings. The van der Waals surface area contributed by atoms with E-state index in [-0.39, 0.29) is 18.2 Å². The molecule has 7 nitrogen and oxygen atoms in total. The van der Waals surface area contributed by atoms with Crippen molar-refractivity contribution >= 4 is 28.5 Å². The molecule has 1 N–H and O–H groups in total. The van der Waals surface area contributed by atoms with E-state index in [1.165, 1.54) is 6.20 Å². The van der Waals surface area contributed by atoms with Gasteiger partial charge in [-0.05, 0) is 23.0 Å². The molecule has 22 heavy (non-hydrogen) atoms. The fourth-order valence-corrected chi connectivity index (χ4v) is 2.18. The lowest BCUT2D eigenvalue weighted by Crippen LogP contribution is -2.24. The molecular weight excluding hydrogens is 306 g/mol. The van der Waals surface area contributed by atoms with Crippen LogP contribution in [0.4, 0.5) is 9.80 Å². The van der Waals surface area contributed by atoms with Crippen molar-refractivity contribution < 1.29 is 14.5 Å². The zero-order chi connectivity index (χ0) is 15.8. The number of nitrogens with one attached hydrogen (secondary N) is 1. The third kappa shape index (κ3) is 4.98. The third-order valence-corrected chi connectivity index (χ3v) is 3.44. The highest BCUT2D eigenvalue weighted by Crippen LogP contribution is 2.21. The molecule has 1 amide bonds. The minimum atomic E-state index is -0.529. The Morgan fingerprint density at radius 1 is 1.41 bits per heavy atom. The third-order valence-electron chi connectivity index (χ3n) is 2.53. The number of amides is 1. The summed E-state index contributed by atoms with van der Waals surface area (Å²) in [5.41, 5.74) is 0.906. The van der Waals surface area contributed by atoms with Crippen LogP contribution in [0.25, 0.3) is 6.08 Å². The summed E-state index contributed by atoms with van der Waals surface area (Å²) in [5, 5.41) is 13.5. The molecule has 8 heteroatoms. The summed E-state index contributed by atoms with van der Waals surface area (Å²) in [6, 6.07) is 9.35. The van der Waals surface area contributed by atoms with Gasteiger partial charge in [-0.1, -0.05) is 36.4 Å². The van der Waals surface area contributed by atoms with Crippen LogP contribution < -0.4 is 5.32 Å². The molecule has 0 radical (unpaired) electrons. The van der Waals surface area contributed by atoms with E-state index < -0.39 is 11.0 Å². The highest BCUT2D eigenvalue weighted by atomic mass is 32.1. The molecule has 0 spiro atoms. The minimum Gasteiger partial charge on any atom is -0.445 e. The molecule has 0 unspecified atom stereocenters. The highest BCUT2D eigenvalue weighted by Gasteiger charge is 2.09. The summed E-state index contributed by atoms with van der Waals surface area (Å²) >= 11 is 0.966. The lowest BCUT2D eigenvalue weighted by molar-refractivity contribution is -0.380. The standard InChI is InChI=1S/C14H13N3O4S/c18-14(21-10-11-5-2-1-3-6-11)15-8-4-7-12-16-9-13(22-12)17(19)20/h1-7,9H,8,10H2,(H,15,18). The Hall–Kier alpha value is -2.74. The summed E-state index contributed by atoms with van der Waals surface area (Å²) < 4.78 is 5.03. The Bertz CT molecular complexity index is 670. The molecule has 0 bridgehead atoms. The van der Waals surface area contributed by atoms with Crippen LogP contribution in [0.5, 0.6) is 0 Å². The predicted molar refractivity (Wildman–Crippen MR) is 82.4 cm³/mol. The molecule has 0 aliphatic rings. The fraction of sp³-hybridized carbons (Fsp3) is 0.143. The number of ether oxygens (including phenoxy) is 1. The van der Waals surface area contributed by atoms with Crippen molar-refractivity contribution in [1.29, 1.82) is 0 Å². The zero-order valence-corrected chi connectivity index (χ0v) is 12.3. The lowest BCUT2D eigenvalue weighted by atomic mass is 10.2. The van der Waals surface area contributed by atoms with Gasteiger partial charge in [-0.3, -0.25) is 10.1 Å². The van der Waals surface area contributed by atoms with Crippen molar-refractivity contribution in [2.45, 2.75) is 6.61 Å². The number of hydrogen-bond donors (Lipinski definition) is 1. The number of aromatic nitrogens is 1. The molecule has 1 aromatic carbocycles. The van der Waals surface area contributed by atoms with Gasteiger partial charge in [0.05, 0.1) is 4.92 Å². The average molecular weight is 319 g/mol. The normalized spacial score (nSPS) is 10.5. The van der Waals surface area contributed by atoms with Crippen LogP contribution in [0.1, 0.15) is 10.6 Å². The van der Waals surface area contributed by atoms with E-state index in [1.54, 1.807) is 12.2 Å². The van der Waals surface area contributed by atoms with Gasteiger partial charge in [0.1, 0.15) is 17.8 Å². The van der Waals surface area contributed by atoms with Gasteiger partial charge in [0.25, 0.3) is 0 Å². The fourth-order valence-electron chi connectivity index (χ4n) is 1.52. The topological polar surface area (TPSA) is 94.4 Å². The quantitative estimate of drug-likeness (QED) is 0.652. The van der Waals surface area contributed by atoms with Crippen LogP contribution in [0.3, 0.4) is 0 Å². The van der Waals surface area contributed by atoms with Crippen molar-refractivity contribution in [1.82, 2.24) is 10.3 Å². The number of alkyl carbamates (subject to hydrolysis) is 1.